The average molecular weight is 278 g/mol. The summed E-state index contributed by atoms with van der Waals surface area (Å²) in [5.41, 5.74) is 0.396. The maximum Gasteiger partial charge on any atom is 0.338 e. The molecular weight excluding hydrogens is 264 g/mol. The van der Waals surface area contributed by atoms with E-state index in [1.807, 2.05) is 13.0 Å². The van der Waals surface area contributed by atoms with Crippen molar-refractivity contribution in [2.24, 2.45) is 0 Å². The molecule has 0 N–H and O–H groups in total. The lowest BCUT2D eigenvalue weighted by molar-refractivity contribution is -0.131. The molecule has 0 unspecified atom stereocenters. The third-order valence-corrected chi connectivity index (χ3v) is 3.48. The molecule has 0 saturated heterocycles. The maximum atomic E-state index is 11.8. The molecule has 0 aliphatic rings. The summed E-state index contributed by atoms with van der Waals surface area (Å²) in [6.07, 6.45) is 0. The molecule has 1 aromatic heterocycles. The summed E-state index contributed by atoms with van der Waals surface area (Å²) in [5.74, 6) is -0.424. The van der Waals surface area contributed by atoms with Crippen LogP contribution in [0.25, 0.3) is 10.1 Å². The van der Waals surface area contributed by atoms with Crippen molar-refractivity contribution in [3.63, 3.8) is 0 Å². The van der Waals surface area contributed by atoms with Gasteiger partial charge >= 0.3 is 11.9 Å². The molecule has 0 saturated carbocycles. The number of benzene rings is 1. The third-order valence-electron chi connectivity index (χ3n) is 2.49. The van der Waals surface area contributed by atoms with E-state index >= 15 is 0 Å². The van der Waals surface area contributed by atoms with E-state index in [9.17, 15) is 9.59 Å². The normalized spacial score (nSPS) is 10.5. The Kier molecular flexibility index (Phi) is 3.85. The van der Waals surface area contributed by atoms with E-state index in [0.717, 1.165) is 15.0 Å². The number of hydrogen-bond donors (Lipinski definition) is 0. The van der Waals surface area contributed by atoms with Crippen molar-refractivity contribution >= 4 is 33.4 Å². The lowest BCUT2D eigenvalue weighted by Crippen LogP contribution is -2.06. The van der Waals surface area contributed by atoms with E-state index < -0.39 is 11.9 Å². The van der Waals surface area contributed by atoms with Crippen LogP contribution < -0.4 is 4.74 Å². The Morgan fingerprint density at radius 3 is 2.63 bits per heavy atom. The molecule has 2 aromatic rings. The third kappa shape index (κ3) is 2.93. The number of carbonyl (C=O) groups excluding carboxylic acids is 2. The summed E-state index contributed by atoms with van der Waals surface area (Å²) in [4.78, 5) is 24.0. The lowest BCUT2D eigenvalue weighted by Gasteiger charge is -2.06. The van der Waals surface area contributed by atoms with Crippen LogP contribution in [-0.2, 0) is 9.53 Å². The zero-order chi connectivity index (χ0) is 14.0. The van der Waals surface area contributed by atoms with Crippen LogP contribution in [0.2, 0.25) is 0 Å². The van der Waals surface area contributed by atoms with Crippen molar-refractivity contribution in [1.82, 2.24) is 0 Å². The summed E-state index contributed by atoms with van der Waals surface area (Å²) >= 11 is 1.54. The zero-order valence-electron chi connectivity index (χ0n) is 11.0. The van der Waals surface area contributed by atoms with Gasteiger partial charge in [0.05, 0.1) is 12.2 Å². The first kappa shape index (κ1) is 13.5. The molecule has 0 bridgehead atoms. The van der Waals surface area contributed by atoms with Gasteiger partial charge in [-0.05, 0) is 32.0 Å². The Balaban J connectivity index is 2.55. The molecule has 0 fully saturated rings. The highest BCUT2D eigenvalue weighted by Gasteiger charge is 2.14. The van der Waals surface area contributed by atoms with Crippen molar-refractivity contribution in [1.29, 1.82) is 0 Å². The molecule has 19 heavy (non-hydrogen) atoms. The highest BCUT2D eigenvalue weighted by molar-refractivity contribution is 7.19. The van der Waals surface area contributed by atoms with Gasteiger partial charge in [-0.2, -0.15) is 0 Å². The van der Waals surface area contributed by atoms with Crippen LogP contribution in [0, 0.1) is 6.92 Å². The van der Waals surface area contributed by atoms with Gasteiger partial charge in [0.1, 0.15) is 5.75 Å². The second-order valence-electron chi connectivity index (χ2n) is 4.06. The van der Waals surface area contributed by atoms with Crippen LogP contribution in [-0.4, -0.2) is 18.5 Å². The quantitative estimate of drug-likeness (QED) is 0.638. The van der Waals surface area contributed by atoms with Crippen LogP contribution >= 0.6 is 11.3 Å². The minimum Gasteiger partial charge on any atom is -0.462 e. The largest absolute Gasteiger partial charge is 0.462 e. The van der Waals surface area contributed by atoms with Gasteiger partial charge in [0.2, 0.25) is 0 Å². The number of hydrogen-bond acceptors (Lipinski definition) is 5. The molecule has 4 nitrogen and oxygen atoms in total. The van der Waals surface area contributed by atoms with Crippen LogP contribution in [0.15, 0.2) is 18.2 Å². The molecule has 0 amide bonds. The molecule has 0 radical (unpaired) electrons. The molecular formula is C14H14O4S. The van der Waals surface area contributed by atoms with Gasteiger partial charge < -0.3 is 9.47 Å². The van der Waals surface area contributed by atoms with Gasteiger partial charge in [0.15, 0.2) is 0 Å². The average Bonchev–Trinajstić information content (AvgIpc) is 2.69. The molecule has 1 heterocycles. The Morgan fingerprint density at radius 1 is 1.26 bits per heavy atom. The second kappa shape index (κ2) is 5.40. The Hall–Kier alpha value is -1.88. The molecule has 2 rings (SSSR count). The van der Waals surface area contributed by atoms with E-state index in [1.54, 1.807) is 30.4 Å². The van der Waals surface area contributed by atoms with Gasteiger partial charge in [-0.3, -0.25) is 4.79 Å². The van der Waals surface area contributed by atoms with Crippen LogP contribution in [0.4, 0.5) is 0 Å². The van der Waals surface area contributed by atoms with Gasteiger partial charge in [-0.25, -0.2) is 4.79 Å². The van der Waals surface area contributed by atoms with E-state index in [1.165, 1.54) is 6.92 Å². The summed E-state index contributed by atoms with van der Waals surface area (Å²) in [5, 5.41) is 0.839. The van der Waals surface area contributed by atoms with Crippen LogP contribution in [0.3, 0.4) is 0 Å². The smallest absolute Gasteiger partial charge is 0.338 e. The summed E-state index contributed by atoms with van der Waals surface area (Å²) in [7, 11) is 0. The van der Waals surface area contributed by atoms with Crippen molar-refractivity contribution in [3.8, 4) is 5.75 Å². The second-order valence-corrected chi connectivity index (χ2v) is 5.35. The Bertz CT molecular complexity index is 642. The standard InChI is InChI=1S/C14H14O4S/c1-4-17-14(16)10-6-12(18-9(3)15)11-5-8(2)19-13(11)7-10/h5-7H,4H2,1-3H3. The first-order valence-corrected chi connectivity index (χ1v) is 6.72. The molecule has 0 aliphatic carbocycles. The number of ether oxygens (including phenoxy) is 2. The predicted molar refractivity (Wildman–Crippen MR) is 73.8 cm³/mol. The summed E-state index contributed by atoms with van der Waals surface area (Å²) < 4.78 is 11.0. The Morgan fingerprint density at radius 2 is 2.00 bits per heavy atom. The van der Waals surface area contributed by atoms with Crippen LogP contribution in [0.5, 0.6) is 5.75 Å². The van der Waals surface area contributed by atoms with E-state index in [-0.39, 0.29) is 0 Å². The van der Waals surface area contributed by atoms with Crippen molar-refractivity contribution in [2.75, 3.05) is 6.61 Å². The number of thiophene rings is 1. The van der Waals surface area contributed by atoms with Gasteiger partial charge in [0.25, 0.3) is 0 Å². The molecule has 0 atom stereocenters. The molecule has 0 spiro atoms. The van der Waals surface area contributed by atoms with Gasteiger partial charge in [-0.15, -0.1) is 11.3 Å². The fourth-order valence-corrected chi connectivity index (χ4v) is 2.78. The highest BCUT2D eigenvalue weighted by Crippen LogP contribution is 2.34. The van der Waals surface area contributed by atoms with Gasteiger partial charge in [-0.1, -0.05) is 0 Å². The molecule has 1 aromatic carbocycles. The van der Waals surface area contributed by atoms with Crippen molar-refractivity contribution in [2.45, 2.75) is 20.8 Å². The van der Waals surface area contributed by atoms with E-state index in [4.69, 9.17) is 9.47 Å². The molecule has 100 valence electrons. The van der Waals surface area contributed by atoms with Crippen molar-refractivity contribution in [3.05, 3.63) is 28.6 Å². The number of esters is 2. The van der Waals surface area contributed by atoms with Crippen molar-refractivity contribution < 1.29 is 19.1 Å². The number of rotatable bonds is 3. The number of fused-ring (bicyclic) bond motifs is 1. The first-order valence-electron chi connectivity index (χ1n) is 5.91. The molecule has 0 aliphatic heterocycles. The summed E-state index contributed by atoms with van der Waals surface area (Å²) in [6, 6.07) is 5.25. The van der Waals surface area contributed by atoms with E-state index in [0.29, 0.717) is 17.9 Å². The summed E-state index contributed by atoms with van der Waals surface area (Å²) in [6.45, 7) is 5.36. The lowest BCUT2D eigenvalue weighted by atomic mass is 10.1. The predicted octanol–water partition coefficient (Wildman–Crippen LogP) is 3.31. The maximum absolute atomic E-state index is 11.8. The SMILES string of the molecule is CCOC(=O)c1cc(OC(C)=O)c2cc(C)sc2c1. The first-order chi connectivity index (χ1) is 9.01. The fraction of sp³-hybridized carbons (Fsp3) is 0.286. The number of carbonyl (C=O) groups is 2. The highest BCUT2D eigenvalue weighted by atomic mass is 32.1. The number of aryl methyl sites for hydroxylation is 1. The van der Waals surface area contributed by atoms with Gasteiger partial charge in [0, 0.05) is 21.9 Å². The Labute approximate surface area is 114 Å². The topological polar surface area (TPSA) is 52.6 Å². The monoisotopic (exact) mass is 278 g/mol. The van der Waals surface area contributed by atoms with E-state index in [2.05, 4.69) is 0 Å². The van der Waals surface area contributed by atoms with Crippen LogP contribution in [0.1, 0.15) is 29.1 Å². The minimum absolute atomic E-state index is 0.309. The minimum atomic E-state index is -0.413. The molecule has 5 heteroatoms. The fourth-order valence-electron chi connectivity index (χ4n) is 1.81. The zero-order valence-corrected chi connectivity index (χ0v) is 11.8.